The lowest BCUT2D eigenvalue weighted by molar-refractivity contribution is -0.149. The van der Waals surface area contributed by atoms with Gasteiger partial charge in [-0.25, -0.2) is 0 Å². The van der Waals surface area contributed by atoms with Gasteiger partial charge in [-0.3, -0.25) is 9.59 Å². The van der Waals surface area contributed by atoms with Crippen molar-refractivity contribution in [3.8, 4) is 0 Å². The van der Waals surface area contributed by atoms with Gasteiger partial charge in [-0.15, -0.1) is 0 Å². The van der Waals surface area contributed by atoms with Crippen LogP contribution in [0.15, 0.2) is 0 Å². The highest BCUT2D eigenvalue weighted by Crippen LogP contribution is 2.15. The molecule has 6 nitrogen and oxygen atoms in total. The van der Waals surface area contributed by atoms with Crippen molar-refractivity contribution in [2.45, 2.75) is 31.4 Å². The van der Waals surface area contributed by atoms with Crippen LogP contribution in [0.2, 0.25) is 0 Å². The molecule has 0 amide bonds. The summed E-state index contributed by atoms with van der Waals surface area (Å²) in [5.41, 5.74) is 3.63. The topological polar surface area (TPSA) is 110 Å². The first-order chi connectivity index (χ1) is 6.34. The lowest BCUT2D eigenvalue weighted by Crippen LogP contribution is -2.56. The van der Waals surface area contributed by atoms with Crippen molar-refractivity contribution >= 4 is 11.9 Å². The Morgan fingerprint density at radius 2 is 2.07 bits per heavy atom. The normalized spacial score (nSPS) is 16.9. The van der Waals surface area contributed by atoms with E-state index in [1.807, 2.05) is 0 Å². The molecule has 0 bridgehead atoms. The zero-order chi connectivity index (χ0) is 11.4. The fraction of sp³-hybridized carbons (Fsp3) is 0.750. The number of carbonyl (C=O) groups excluding carboxylic acids is 1. The van der Waals surface area contributed by atoms with Gasteiger partial charge in [0.2, 0.25) is 0 Å². The first kappa shape index (κ1) is 12.9. The van der Waals surface area contributed by atoms with E-state index in [1.165, 1.54) is 14.0 Å². The minimum absolute atomic E-state index is 0.135. The highest BCUT2D eigenvalue weighted by molar-refractivity contribution is 5.80. The number of hydrogen-bond acceptors (Lipinski definition) is 5. The summed E-state index contributed by atoms with van der Waals surface area (Å²) in [7, 11) is 1.20. The number of aliphatic hydroxyl groups is 1. The van der Waals surface area contributed by atoms with Crippen LogP contribution in [0.4, 0.5) is 0 Å². The molecule has 0 radical (unpaired) electrons. The second-order valence-electron chi connectivity index (χ2n) is 3.10. The summed E-state index contributed by atoms with van der Waals surface area (Å²) in [5, 5.41) is 17.9. The number of carbonyl (C=O) groups is 2. The lowest BCUT2D eigenvalue weighted by Gasteiger charge is -2.26. The molecule has 0 rings (SSSR count). The van der Waals surface area contributed by atoms with Gasteiger partial charge >= 0.3 is 11.9 Å². The summed E-state index contributed by atoms with van der Waals surface area (Å²) in [5.74, 6) is -1.89. The first-order valence-corrected chi connectivity index (χ1v) is 4.11. The minimum atomic E-state index is -1.80. The van der Waals surface area contributed by atoms with Crippen LogP contribution in [0.1, 0.15) is 19.8 Å². The Balaban J connectivity index is 4.39. The largest absolute Gasteiger partial charge is 0.480 e. The van der Waals surface area contributed by atoms with Crippen molar-refractivity contribution in [1.82, 2.24) is 0 Å². The molecule has 0 saturated heterocycles. The first-order valence-electron chi connectivity index (χ1n) is 4.11. The average Bonchev–Trinajstić information content (AvgIpc) is 2.12. The molecule has 2 atom stereocenters. The van der Waals surface area contributed by atoms with Gasteiger partial charge in [-0.2, -0.15) is 0 Å². The van der Waals surface area contributed by atoms with Crippen LogP contribution in [0.25, 0.3) is 0 Å². The predicted molar refractivity (Wildman–Crippen MR) is 47.5 cm³/mol. The highest BCUT2D eigenvalue weighted by Gasteiger charge is 2.39. The summed E-state index contributed by atoms with van der Waals surface area (Å²) >= 11 is 0. The van der Waals surface area contributed by atoms with Gasteiger partial charge in [0.25, 0.3) is 0 Å². The number of hydrogen-bond donors (Lipinski definition) is 3. The van der Waals surface area contributed by atoms with Crippen molar-refractivity contribution in [3.63, 3.8) is 0 Å². The zero-order valence-corrected chi connectivity index (χ0v) is 8.19. The number of methoxy groups -OCH3 is 1. The predicted octanol–water partition coefficient (Wildman–Crippen LogP) is -0.897. The Morgan fingerprint density at radius 3 is 2.36 bits per heavy atom. The lowest BCUT2D eigenvalue weighted by atomic mass is 9.89. The standard InChI is InChI=1S/C8H15NO5/c1-5(10)8(9,7(12)13)4-3-6(11)14-2/h5,10H,3-4,9H2,1-2H3,(H,12,13). The molecule has 0 heterocycles. The molecule has 2 unspecified atom stereocenters. The van der Waals surface area contributed by atoms with E-state index in [0.717, 1.165) is 0 Å². The fourth-order valence-corrected chi connectivity index (χ4v) is 0.905. The Labute approximate surface area is 81.7 Å². The van der Waals surface area contributed by atoms with Crippen LogP contribution in [-0.2, 0) is 14.3 Å². The van der Waals surface area contributed by atoms with Gasteiger partial charge in [0, 0.05) is 6.42 Å². The van der Waals surface area contributed by atoms with Crippen molar-refractivity contribution in [2.75, 3.05) is 7.11 Å². The summed E-state index contributed by atoms with van der Waals surface area (Å²) in [6, 6.07) is 0. The third-order valence-electron chi connectivity index (χ3n) is 2.11. The molecule has 14 heavy (non-hydrogen) atoms. The van der Waals surface area contributed by atoms with Crippen LogP contribution in [-0.4, -0.2) is 40.9 Å². The van der Waals surface area contributed by atoms with E-state index in [4.69, 9.17) is 15.9 Å². The SMILES string of the molecule is COC(=O)CCC(N)(C(=O)O)C(C)O. The minimum Gasteiger partial charge on any atom is -0.480 e. The Bertz CT molecular complexity index is 228. The van der Waals surface area contributed by atoms with Crippen molar-refractivity contribution in [1.29, 1.82) is 0 Å². The number of aliphatic carboxylic acids is 1. The summed E-state index contributed by atoms with van der Waals surface area (Å²) in [6.45, 7) is 1.27. The second kappa shape index (κ2) is 4.92. The van der Waals surface area contributed by atoms with Crippen molar-refractivity contribution in [2.24, 2.45) is 5.73 Å². The summed E-state index contributed by atoms with van der Waals surface area (Å²) < 4.78 is 4.34. The molecule has 0 aromatic carbocycles. The smallest absolute Gasteiger partial charge is 0.326 e. The molecule has 0 fully saturated rings. The maximum Gasteiger partial charge on any atom is 0.326 e. The Morgan fingerprint density at radius 1 is 1.57 bits per heavy atom. The molecule has 0 aromatic heterocycles. The monoisotopic (exact) mass is 205 g/mol. The van der Waals surface area contributed by atoms with Gasteiger partial charge in [-0.1, -0.05) is 0 Å². The number of aliphatic hydroxyl groups excluding tert-OH is 1. The molecule has 82 valence electrons. The maximum absolute atomic E-state index is 10.8. The number of carboxylic acids is 1. The van der Waals surface area contributed by atoms with E-state index >= 15 is 0 Å². The molecule has 0 spiro atoms. The van der Waals surface area contributed by atoms with E-state index in [9.17, 15) is 9.59 Å². The van der Waals surface area contributed by atoms with Crippen LogP contribution in [0, 0.1) is 0 Å². The second-order valence-corrected chi connectivity index (χ2v) is 3.10. The Kier molecular flexibility index (Phi) is 4.52. The number of nitrogens with two attached hydrogens (primary N) is 1. The third kappa shape index (κ3) is 2.97. The van der Waals surface area contributed by atoms with Gasteiger partial charge < -0.3 is 20.7 Å². The van der Waals surface area contributed by atoms with Crippen LogP contribution in [0.5, 0.6) is 0 Å². The molecular weight excluding hydrogens is 190 g/mol. The van der Waals surface area contributed by atoms with Crippen molar-refractivity contribution < 1.29 is 24.5 Å². The number of ether oxygens (including phenoxy) is 1. The number of rotatable bonds is 5. The van der Waals surface area contributed by atoms with Crippen molar-refractivity contribution in [3.05, 3.63) is 0 Å². The molecule has 0 aliphatic carbocycles. The van der Waals surface area contributed by atoms with Gasteiger partial charge in [-0.05, 0) is 13.3 Å². The summed E-state index contributed by atoms with van der Waals surface area (Å²) in [6.07, 6.45) is -1.53. The molecule has 4 N–H and O–H groups in total. The highest BCUT2D eigenvalue weighted by atomic mass is 16.5. The Hall–Kier alpha value is -1.14. The van der Waals surface area contributed by atoms with E-state index in [1.54, 1.807) is 0 Å². The van der Waals surface area contributed by atoms with Gasteiger partial charge in [0.15, 0.2) is 0 Å². The number of carboxylic acid groups (broad SMARTS) is 1. The van der Waals surface area contributed by atoms with E-state index in [2.05, 4.69) is 4.74 Å². The quantitative estimate of drug-likeness (QED) is 0.502. The third-order valence-corrected chi connectivity index (χ3v) is 2.11. The zero-order valence-electron chi connectivity index (χ0n) is 8.19. The maximum atomic E-state index is 10.8. The molecular formula is C8H15NO5. The summed E-state index contributed by atoms with van der Waals surface area (Å²) in [4.78, 5) is 21.5. The molecule has 0 aliphatic heterocycles. The fourth-order valence-electron chi connectivity index (χ4n) is 0.905. The van der Waals surface area contributed by atoms with E-state index < -0.39 is 23.6 Å². The molecule has 0 aromatic rings. The van der Waals surface area contributed by atoms with Crippen LogP contribution < -0.4 is 5.73 Å². The van der Waals surface area contributed by atoms with E-state index in [-0.39, 0.29) is 12.8 Å². The molecule has 0 saturated carbocycles. The molecule has 0 aliphatic rings. The van der Waals surface area contributed by atoms with Crippen LogP contribution in [0.3, 0.4) is 0 Å². The van der Waals surface area contributed by atoms with Gasteiger partial charge in [0.1, 0.15) is 5.54 Å². The molecule has 6 heteroatoms. The average molecular weight is 205 g/mol. The van der Waals surface area contributed by atoms with Gasteiger partial charge in [0.05, 0.1) is 13.2 Å². The van der Waals surface area contributed by atoms with E-state index in [0.29, 0.717) is 0 Å². The van der Waals surface area contributed by atoms with Crippen LogP contribution >= 0.6 is 0 Å². The number of esters is 1.